The molecule has 6 aromatic rings. The molecule has 0 spiro atoms. The average Bonchev–Trinajstić information content (AvgIpc) is 3.44. The number of hydrogen-bond donors (Lipinski definition) is 0. The third-order valence-electron chi connectivity index (χ3n) is 12.5. The number of benzene rings is 6. The maximum atomic E-state index is 6.11. The molecule has 0 radical (unpaired) electrons. The number of nitrogens with zero attached hydrogens (tertiary/aromatic N) is 3. The molecular formula is C69H93N3O9. The molecule has 0 bridgehead atoms. The fourth-order valence-electron chi connectivity index (χ4n) is 8.76. The molecule has 0 aliphatic heterocycles. The van der Waals surface area contributed by atoms with Gasteiger partial charge in [-0.2, -0.15) is 0 Å². The van der Waals surface area contributed by atoms with E-state index in [9.17, 15) is 0 Å². The molecule has 0 heterocycles. The fraction of sp³-hybridized carbons (Fsp3) is 0.391. The maximum absolute atomic E-state index is 6.11. The number of aryl methyl sites for hydroxylation is 6. The monoisotopic (exact) mass is 1110 g/mol. The lowest BCUT2D eigenvalue weighted by Crippen LogP contribution is -2.33. The van der Waals surface area contributed by atoms with Crippen LogP contribution in [0, 0.1) is 0 Å². The smallest absolute Gasteiger partial charge is 0.145 e. The quantitative estimate of drug-likeness (QED) is 0.0367. The molecule has 6 aromatic carbocycles. The van der Waals surface area contributed by atoms with Crippen LogP contribution in [0.25, 0.3) is 0 Å². The van der Waals surface area contributed by atoms with Gasteiger partial charge in [-0.05, 0) is 190 Å². The third-order valence-corrected chi connectivity index (χ3v) is 12.5. The highest BCUT2D eigenvalue weighted by Gasteiger charge is 2.17. The van der Waals surface area contributed by atoms with Crippen molar-refractivity contribution in [1.29, 1.82) is 0 Å². The highest BCUT2D eigenvalue weighted by molar-refractivity contribution is 5.38. The van der Waals surface area contributed by atoms with Crippen molar-refractivity contribution < 1.29 is 42.6 Å². The Morgan fingerprint density at radius 1 is 0.346 bits per heavy atom. The van der Waals surface area contributed by atoms with E-state index < -0.39 is 0 Å². The first-order valence-corrected chi connectivity index (χ1v) is 27.8. The zero-order valence-electron chi connectivity index (χ0n) is 50.7. The number of allylic oxidation sites excluding steroid dienone is 3. The zero-order valence-corrected chi connectivity index (χ0v) is 50.7. The van der Waals surface area contributed by atoms with Gasteiger partial charge in [0.1, 0.15) is 72.6 Å². The predicted octanol–water partition coefficient (Wildman–Crippen LogP) is 13.0. The normalized spacial score (nSPS) is 11.9. The minimum Gasteiger partial charge on any atom is -0.497 e. The number of methoxy groups -OCH3 is 3. The van der Waals surface area contributed by atoms with Gasteiger partial charge in [-0.15, -0.1) is 0 Å². The highest BCUT2D eigenvalue weighted by Crippen LogP contribution is 2.25. The molecule has 81 heavy (non-hydrogen) atoms. The lowest BCUT2D eigenvalue weighted by atomic mass is 10.0. The molecule has 0 amide bonds. The van der Waals surface area contributed by atoms with Crippen molar-refractivity contribution in [3.63, 3.8) is 0 Å². The Bertz CT molecular complexity index is 2430. The molecule has 0 N–H and O–H groups in total. The molecule has 0 saturated carbocycles. The number of rotatable bonds is 33. The Kier molecular flexibility index (Phi) is 30.0. The Morgan fingerprint density at radius 2 is 0.580 bits per heavy atom. The van der Waals surface area contributed by atoms with Crippen LogP contribution in [0.15, 0.2) is 183 Å². The van der Waals surface area contributed by atoms with E-state index >= 15 is 0 Å². The number of likely N-dealkylation sites (N-methyl/N-ethyl adjacent to an activating group) is 3. The summed E-state index contributed by atoms with van der Waals surface area (Å²) in [6.07, 6.45) is 5.47. The van der Waals surface area contributed by atoms with Crippen LogP contribution < -0.4 is 28.4 Å². The lowest BCUT2D eigenvalue weighted by Gasteiger charge is -2.23. The van der Waals surface area contributed by atoms with Crippen molar-refractivity contribution in [2.75, 3.05) is 103 Å². The molecule has 12 nitrogen and oxygen atoms in total. The second-order valence-corrected chi connectivity index (χ2v) is 20.9. The first kappa shape index (κ1) is 66.1. The second kappa shape index (κ2) is 36.8. The fourth-order valence-corrected chi connectivity index (χ4v) is 8.76. The van der Waals surface area contributed by atoms with Crippen molar-refractivity contribution in [1.82, 2.24) is 14.7 Å². The van der Waals surface area contributed by atoms with E-state index in [-0.39, 0.29) is 18.3 Å². The highest BCUT2D eigenvalue weighted by atomic mass is 16.5. The molecule has 0 fully saturated rings. The summed E-state index contributed by atoms with van der Waals surface area (Å²) in [4.78, 5) is 6.27. The second-order valence-electron chi connectivity index (χ2n) is 20.9. The number of ether oxygens (including phenoxy) is 9. The van der Waals surface area contributed by atoms with Crippen molar-refractivity contribution >= 4 is 0 Å². The summed E-state index contributed by atoms with van der Waals surface area (Å²) in [7, 11) is 17.2. The average molecular weight is 1110 g/mol. The third kappa shape index (κ3) is 27.1. The van der Waals surface area contributed by atoms with Gasteiger partial charge < -0.3 is 57.3 Å². The van der Waals surface area contributed by atoms with Gasteiger partial charge >= 0.3 is 0 Å². The SMILES string of the molecule is C=C(C)OC(COc1ccccc1CCc1ccc(OC)cc1)CN(C)C.C=C(C)O[C@@H](COc1ccccc1CCc1ccc(OC)cc1)CN(C)C.C=C(C)O[C@H](COc1ccccc1CCc1ccc(OC)cc1)CN(C)C. The zero-order chi connectivity index (χ0) is 58.9. The van der Waals surface area contributed by atoms with E-state index in [4.69, 9.17) is 42.6 Å². The first-order valence-electron chi connectivity index (χ1n) is 27.8. The summed E-state index contributed by atoms with van der Waals surface area (Å²) in [5.41, 5.74) is 7.44. The molecule has 0 aromatic heterocycles. The molecule has 3 atom stereocenters. The first-order chi connectivity index (χ1) is 38.9. The van der Waals surface area contributed by atoms with E-state index in [0.29, 0.717) is 37.1 Å². The van der Waals surface area contributed by atoms with E-state index in [2.05, 4.69) is 107 Å². The molecule has 438 valence electrons. The Hall–Kier alpha value is -7.38. The Morgan fingerprint density at radius 3 is 0.790 bits per heavy atom. The van der Waals surface area contributed by atoms with Crippen LogP contribution in [-0.2, 0) is 52.7 Å². The molecule has 0 saturated heterocycles. The van der Waals surface area contributed by atoms with Crippen LogP contribution in [0.3, 0.4) is 0 Å². The van der Waals surface area contributed by atoms with Crippen molar-refractivity contribution in [2.24, 2.45) is 0 Å². The van der Waals surface area contributed by atoms with E-state index in [1.807, 2.05) is 136 Å². The summed E-state index contributed by atoms with van der Waals surface area (Å²) >= 11 is 0. The van der Waals surface area contributed by atoms with Crippen LogP contribution >= 0.6 is 0 Å². The van der Waals surface area contributed by atoms with Crippen molar-refractivity contribution in [2.45, 2.75) is 77.6 Å². The van der Waals surface area contributed by atoms with Gasteiger partial charge in [-0.3, -0.25) is 0 Å². The summed E-state index contributed by atoms with van der Waals surface area (Å²) in [6.45, 7) is 20.9. The summed E-state index contributed by atoms with van der Waals surface area (Å²) in [6, 6.07) is 49.3. The molecule has 1 unspecified atom stereocenters. The van der Waals surface area contributed by atoms with E-state index in [1.54, 1.807) is 21.3 Å². The van der Waals surface area contributed by atoms with Gasteiger partial charge in [0.2, 0.25) is 0 Å². The van der Waals surface area contributed by atoms with Crippen LogP contribution in [0.2, 0.25) is 0 Å². The Balaban J connectivity index is 0.000000261. The van der Waals surface area contributed by atoms with Crippen LogP contribution in [0.1, 0.15) is 54.2 Å². The van der Waals surface area contributed by atoms with Crippen molar-refractivity contribution in [3.8, 4) is 34.5 Å². The topological polar surface area (TPSA) is 92.8 Å². The van der Waals surface area contributed by atoms with Crippen LogP contribution in [-0.4, -0.2) is 136 Å². The minimum absolute atomic E-state index is 0.0489. The van der Waals surface area contributed by atoms with Gasteiger partial charge in [-0.25, -0.2) is 0 Å². The van der Waals surface area contributed by atoms with Crippen molar-refractivity contribution in [3.05, 3.63) is 216 Å². The molecular weight excluding hydrogens is 1010 g/mol. The van der Waals surface area contributed by atoms with E-state index in [0.717, 1.165) is 92.7 Å². The summed E-state index contributed by atoms with van der Waals surface area (Å²) < 4.78 is 51.4. The standard InChI is InChI=1S/3C23H31NO3/c3*1-18(2)27-22(16-24(3)4)17-26-23-9-7-6-8-20(23)13-10-19-11-14-21(25-5)15-12-19/h3*6-9,11-12,14-15,22H,1,10,13,16-17H2,2-5H3/t2*22-;/m10./s1. The molecule has 6 rings (SSSR count). The van der Waals surface area contributed by atoms with Gasteiger partial charge in [0.25, 0.3) is 0 Å². The maximum Gasteiger partial charge on any atom is 0.145 e. The van der Waals surface area contributed by atoms with Gasteiger partial charge in [0, 0.05) is 19.6 Å². The van der Waals surface area contributed by atoms with Gasteiger partial charge in [0.15, 0.2) is 0 Å². The van der Waals surface area contributed by atoms with Gasteiger partial charge in [0.05, 0.1) is 38.6 Å². The molecule has 0 aliphatic carbocycles. The van der Waals surface area contributed by atoms with E-state index in [1.165, 1.54) is 33.4 Å². The number of para-hydroxylation sites is 3. The molecule has 0 aliphatic rings. The van der Waals surface area contributed by atoms with Crippen LogP contribution in [0.4, 0.5) is 0 Å². The predicted molar refractivity (Wildman–Crippen MR) is 332 cm³/mol. The molecule has 12 heteroatoms. The summed E-state index contributed by atoms with van der Waals surface area (Å²) in [5, 5.41) is 0. The van der Waals surface area contributed by atoms with Gasteiger partial charge in [-0.1, -0.05) is 111 Å². The Labute approximate surface area is 486 Å². The van der Waals surface area contributed by atoms with Crippen LogP contribution in [0.5, 0.6) is 34.5 Å². The largest absolute Gasteiger partial charge is 0.497 e. The summed E-state index contributed by atoms with van der Waals surface area (Å²) in [5.74, 6) is 7.51. The number of hydrogen-bond acceptors (Lipinski definition) is 12. The lowest BCUT2D eigenvalue weighted by molar-refractivity contribution is 0.0504. The minimum atomic E-state index is -0.0489.